The van der Waals surface area contributed by atoms with Gasteiger partial charge in [-0.25, -0.2) is 4.39 Å². The number of hydrogen-bond acceptors (Lipinski definition) is 4. The van der Waals surface area contributed by atoms with Gasteiger partial charge in [-0.3, -0.25) is 4.79 Å². The van der Waals surface area contributed by atoms with Crippen molar-refractivity contribution in [1.29, 1.82) is 0 Å². The van der Waals surface area contributed by atoms with Crippen LogP contribution in [0.1, 0.15) is 16.7 Å². The van der Waals surface area contributed by atoms with Crippen LogP contribution in [0.5, 0.6) is 5.75 Å². The average Bonchev–Trinajstić information content (AvgIpc) is 2.63. The molecule has 0 aliphatic rings. The summed E-state index contributed by atoms with van der Waals surface area (Å²) in [6.45, 7) is 4.00. The largest absolute Gasteiger partial charge is 0.496 e. The standard InChI is InChI=1S/C20H19F2N3O2/c1-12-9-18(27-3)13(2)8-17(12)23-20-24-19(26)16(22)11-25(20)10-14-4-6-15(21)7-5-14/h4-9,11H,10H2,1-3H3,(H,23,24,26). The highest BCUT2D eigenvalue weighted by Gasteiger charge is 2.12. The normalized spacial score (nSPS) is 10.7. The highest BCUT2D eigenvalue weighted by atomic mass is 19.1. The van der Waals surface area contributed by atoms with E-state index < -0.39 is 11.4 Å². The Kier molecular flexibility index (Phi) is 5.21. The monoisotopic (exact) mass is 371 g/mol. The Bertz CT molecular complexity index is 1030. The predicted molar refractivity (Wildman–Crippen MR) is 99.7 cm³/mol. The second-order valence-corrected chi connectivity index (χ2v) is 6.23. The topological polar surface area (TPSA) is 56.1 Å². The Morgan fingerprint density at radius 2 is 1.81 bits per heavy atom. The molecule has 0 atom stereocenters. The van der Waals surface area contributed by atoms with Gasteiger partial charge in [0.2, 0.25) is 11.8 Å². The van der Waals surface area contributed by atoms with E-state index in [0.29, 0.717) is 0 Å². The number of ether oxygens (including phenoxy) is 1. The fourth-order valence-corrected chi connectivity index (χ4v) is 2.74. The summed E-state index contributed by atoms with van der Waals surface area (Å²) in [4.78, 5) is 15.5. The number of aromatic nitrogens is 2. The number of rotatable bonds is 5. The zero-order valence-electron chi connectivity index (χ0n) is 15.2. The molecule has 3 rings (SSSR count). The molecule has 27 heavy (non-hydrogen) atoms. The van der Waals surface area contributed by atoms with Gasteiger partial charge >= 0.3 is 5.56 Å². The molecule has 7 heteroatoms. The van der Waals surface area contributed by atoms with Crippen molar-refractivity contribution in [3.63, 3.8) is 0 Å². The maximum absolute atomic E-state index is 13.8. The molecule has 0 aliphatic heterocycles. The first-order valence-corrected chi connectivity index (χ1v) is 8.31. The van der Waals surface area contributed by atoms with Crippen LogP contribution in [0.3, 0.4) is 0 Å². The molecule has 3 aromatic rings. The molecule has 1 heterocycles. The molecule has 0 amide bonds. The number of anilines is 2. The molecule has 2 aromatic carbocycles. The van der Waals surface area contributed by atoms with Gasteiger partial charge in [0.1, 0.15) is 11.6 Å². The Morgan fingerprint density at radius 3 is 2.48 bits per heavy atom. The van der Waals surface area contributed by atoms with E-state index in [-0.39, 0.29) is 18.3 Å². The molecule has 0 saturated carbocycles. The van der Waals surface area contributed by atoms with E-state index in [1.165, 1.54) is 16.7 Å². The van der Waals surface area contributed by atoms with Crippen LogP contribution in [0.2, 0.25) is 0 Å². The summed E-state index contributed by atoms with van der Waals surface area (Å²) < 4.78 is 33.7. The molecule has 0 saturated heterocycles. The first-order chi connectivity index (χ1) is 12.9. The third-order valence-corrected chi connectivity index (χ3v) is 4.21. The summed E-state index contributed by atoms with van der Waals surface area (Å²) in [5.41, 5.74) is 2.30. The molecule has 0 bridgehead atoms. The fraction of sp³-hybridized carbons (Fsp3) is 0.200. The van der Waals surface area contributed by atoms with Gasteiger partial charge in [-0.05, 0) is 54.8 Å². The second-order valence-electron chi connectivity index (χ2n) is 6.23. The lowest BCUT2D eigenvalue weighted by Crippen LogP contribution is -2.20. The third kappa shape index (κ3) is 4.13. The van der Waals surface area contributed by atoms with E-state index in [1.54, 1.807) is 19.2 Å². The molecule has 140 valence electrons. The Labute approximate surface area is 155 Å². The maximum Gasteiger partial charge on any atom is 0.310 e. The summed E-state index contributed by atoms with van der Waals surface area (Å²) >= 11 is 0. The van der Waals surface area contributed by atoms with Gasteiger partial charge in [0.05, 0.1) is 13.7 Å². The van der Waals surface area contributed by atoms with Gasteiger partial charge in [-0.1, -0.05) is 12.1 Å². The minimum absolute atomic E-state index is 0.193. The first kappa shape index (κ1) is 18.6. The van der Waals surface area contributed by atoms with Crippen molar-refractivity contribution in [3.05, 3.63) is 81.3 Å². The van der Waals surface area contributed by atoms with Crippen molar-refractivity contribution in [1.82, 2.24) is 9.55 Å². The second kappa shape index (κ2) is 7.57. The maximum atomic E-state index is 13.8. The SMILES string of the molecule is COc1cc(C)c(Nc2nc(=O)c(F)cn2Cc2ccc(F)cc2)cc1C. The molecular formula is C20H19F2N3O2. The average molecular weight is 371 g/mol. The van der Waals surface area contributed by atoms with E-state index in [4.69, 9.17) is 4.74 Å². The Balaban J connectivity index is 2.00. The minimum atomic E-state index is -0.953. The molecule has 0 fully saturated rings. The molecule has 1 aromatic heterocycles. The van der Waals surface area contributed by atoms with Gasteiger partial charge in [0.25, 0.3) is 0 Å². The van der Waals surface area contributed by atoms with Crippen LogP contribution in [0, 0.1) is 25.5 Å². The smallest absolute Gasteiger partial charge is 0.310 e. The van der Waals surface area contributed by atoms with Crippen LogP contribution in [0.15, 0.2) is 47.4 Å². The van der Waals surface area contributed by atoms with Crippen molar-refractivity contribution >= 4 is 11.6 Å². The minimum Gasteiger partial charge on any atom is -0.496 e. The van der Waals surface area contributed by atoms with Crippen molar-refractivity contribution in [2.45, 2.75) is 20.4 Å². The number of aryl methyl sites for hydroxylation is 2. The lowest BCUT2D eigenvalue weighted by Gasteiger charge is -2.17. The van der Waals surface area contributed by atoms with E-state index in [0.717, 1.165) is 34.3 Å². The van der Waals surface area contributed by atoms with Crippen LogP contribution < -0.4 is 15.6 Å². The van der Waals surface area contributed by atoms with Crippen molar-refractivity contribution in [2.75, 3.05) is 12.4 Å². The van der Waals surface area contributed by atoms with Crippen LogP contribution >= 0.6 is 0 Å². The van der Waals surface area contributed by atoms with Crippen LogP contribution in [-0.2, 0) is 6.54 Å². The molecular weight excluding hydrogens is 352 g/mol. The van der Waals surface area contributed by atoms with Crippen LogP contribution in [-0.4, -0.2) is 16.7 Å². The number of nitrogens with zero attached hydrogens (tertiary/aromatic N) is 2. The molecule has 0 aliphatic carbocycles. The van der Waals surface area contributed by atoms with E-state index in [1.807, 2.05) is 26.0 Å². The van der Waals surface area contributed by atoms with Gasteiger partial charge in [0.15, 0.2) is 0 Å². The number of methoxy groups -OCH3 is 1. The number of benzene rings is 2. The molecule has 0 spiro atoms. The van der Waals surface area contributed by atoms with E-state index in [9.17, 15) is 13.6 Å². The highest BCUT2D eigenvalue weighted by Crippen LogP contribution is 2.27. The molecule has 0 unspecified atom stereocenters. The van der Waals surface area contributed by atoms with Crippen molar-refractivity contribution in [2.24, 2.45) is 0 Å². The first-order valence-electron chi connectivity index (χ1n) is 8.31. The summed E-state index contributed by atoms with van der Waals surface area (Å²) in [5, 5.41) is 3.09. The van der Waals surface area contributed by atoms with Crippen molar-refractivity contribution in [3.8, 4) is 5.75 Å². The third-order valence-electron chi connectivity index (χ3n) is 4.21. The van der Waals surface area contributed by atoms with E-state index in [2.05, 4.69) is 10.3 Å². The molecule has 0 radical (unpaired) electrons. The lowest BCUT2D eigenvalue weighted by atomic mass is 10.1. The van der Waals surface area contributed by atoms with Gasteiger partial charge < -0.3 is 14.6 Å². The fourth-order valence-electron chi connectivity index (χ4n) is 2.74. The number of nitrogens with one attached hydrogen (secondary N) is 1. The van der Waals surface area contributed by atoms with Crippen LogP contribution in [0.4, 0.5) is 20.4 Å². The predicted octanol–water partition coefficient (Wildman–Crippen LogP) is 3.94. The summed E-state index contributed by atoms with van der Waals surface area (Å²) in [7, 11) is 1.59. The number of hydrogen-bond donors (Lipinski definition) is 1. The van der Waals surface area contributed by atoms with Crippen molar-refractivity contribution < 1.29 is 13.5 Å². The van der Waals surface area contributed by atoms with Gasteiger partial charge in [0, 0.05) is 11.9 Å². The summed E-state index contributed by atoms with van der Waals surface area (Å²) in [6.07, 6.45) is 1.09. The quantitative estimate of drug-likeness (QED) is 0.738. The Hall–Kier alpha value is -3.22. The molecule has 1 N–H and O–H groups in total. The van der Waals surface area contributed by atoms with Gasteiger partial charge in [-0.2, -0.15) is 9.37 Å². The zero-order chi connectivity index (χ0) is 19.6. The lowest BCUT2D eigenvalue weighted by molar-refractivity contribution is 0.411. The summed E-state index contributed by atoms with van der Waals surface area (Å²) in [6, 6.07) is 9.57. The van der Waals surface area contributed by atoms with Gasteiger partial charge in [-0.15, -0.1) is 0 Å². The highest BCUT2D eigenvalue weighted by molar-refractivity contribution is 5.62. The van der Waals surface area contributed by atoms with Crippen LogP contribution in [0.25, 0.3) is 0 Å². The zero-order valence-corrected chi connectivity index (χ0v) is 15.2. The summed E-state index contributed by atoms with van der Waals surface area (Å²) in [5.74, 6) is -0.372. The number of halogens is 2. The molecule has 5 nitrogen and oxygen atoms in total. The van der Waals surface area contributed by atoms with E-state index >= 15 is 0 Å². The Morgan fingerprint density at radius 1 is 1.11 bits per heavy atom.